The van der Waals surface area contributed by atoms with Crippen LogP contribution >= 0.6 is 34.7 Å². The molecule has 0 aliphatic carbocycles. The molecule has 0 atom stereocenters. The van der Waals surface area contributed by atoms with Crippen LogP contribution in [0.2, 0.25) is 5.15 Å². The highest BCUT2D eigenvalue weighted by Crippen LogP contribution is 2.25. The summed E-state index contributed by atoms with van der Waals surface area (Å²) in [5.74, 6) is 1.03. The van der Waals surface area contributed by atoms with Gasteiger partial charge in [0.15, 0.2) is 4.34 Å². The number of rotatable bonds is 7. The van der Waals surface area contributed by atoms with E-state index < -0.39 is 0 Å². The minimum Gasteiger partial charge on any atom is -0.267 e. The monoisotopic (exact) mass is 331 g/mol. The molecule has 0 saturated carbocycles. The maximum absolute atomic E-state index is 12.0. The number of hydrogen-bond acceptors (Lipinski definition) is 5. The van der Waals surface area contributed by atoms with Gasteiger partial charge in [0.1, 0.15) is 5.15 Å². The normalized spacial score (nSPS) is 11.3. The summed E-state index contributed by atoms with van der Waals surface area (Å²) < 4.78 is 2.23. The number of unbranched alkanes of at least 4 members (excludes halogenated alkanes) is 4. The van der Waals surface area contributed by atoms with Crippen molar-refractivity contribution in [2.45, 2.75) is 50.3 Å². The molecule has 0 amide bonds. The predicted molar refractivity (Wildman–Crippen MR) is 86.4 cm³/mol. The molecule has 0 aromatic carbocycles. The van der Waals surface area contributed by atoms with Crippen LogP contribution < -0.4 is 5.56 Å². The van der Waals surface area contributed by atoms with E-state index >= 15 is 0 Å². The summed E-state index contributed by atoms with van der Waals surface area (Å²) in [6.07, 6.45) is 6.31. The Hall–Kier alpha value is -0.590. The summed E-state index contributed by atoms with van der Waals surface area (Å²) in [5.41, 5.74) is 0.275. The van der Waals surface area contributed by atoms with Gasteiger partial charge in [-0.2, -0.15) is 4.52 Å². The highest BCUT2D eigenvalue weighted by Gasteiger charge is 2.12. The van der Waals surface area contributed by atoms with Gasteiger partial charge in [-0.1, -0.05) is 67.3 Å². The fraction of sp³-hybridized carbons (Fsp3) is 0.615. The van der Waals surface area contributed by atoms with E-state index in [4.69, 9.17) is 11.6 Å². The molecular weight excluding hydrogens is 314 g/mol. The number of halogens is 1. The van der Waals surface area contributed by atoms with Crippen molar-refractivity contribution < 1.29 is 0 Å². The molecule has 0 N–H and O–H groups in total. The Morgan fingerprint density at radius 1 is 1.30 bits per heavy atom. The number of aromatic nitrogens is 3. The Labute approximate surface area is 131 Å². The van der Waals surface area contributed by atoms with Crippen LogP contribution in [0.3, 0.4) is 0 Å². The smallest absolute Gasteiger partial charge is 0.267 e. The molecule has 110 valence electrons. The quantitative estimate of drug-likeness (QED) is 0.434. The summed E-state index contributed by atoms with van der Waals surface area (Å²) in [7, 11) is 0. The summed E-state index contributed by atoms with van der Waals surface area (Å²) in [6.45, 7) is 3.89. The summed E-state index contributed by atoms with van der Waals surface area (Å²) >= 11 is 9.04. The van der Waals surface area contributed by atoms with E-state index in [0.717, 1.165) is 10.1 Å². The first-order valence-electron chi connectivity index (χ1n) is 6.82. The van der Waals surface area contributed by atoms with Crippen LogP contribution in [-0.4, -0.2) is 20.4 Å². The predicted octanol–water partition coefficient (Wildman–Crippen LogP) is 4.18. The average Bonchev–Trinajstić information content (AvgIpc) is 2.83. The van der Waals surface area contributed by atoms with E-state index in [1.165, 1.54) is 48.0 Å². The van der Waals surface area contributed by atoms with E-state index in [0.29, 0.717) is 10.5 Å². The third-order valence-corrected chi connectivity index (χ3v) is 5.53. The molecule has 0 fully saturated rings. The van der Waals surface area contributed by atoms with Crippen LogP contribution in [0.5, 0.6) is 0 Å². The van der Waals surface area contributed by atoms with Crippen LogP contribution in [0.15, 0.2) is 9.13 Å². The average molecular weight is 332 g/mol. The minimum absolute atomic E-state index is 0.175. The zero-order valence-corrected chi connectivity index (χ0v) is 14.1. The molecular formula is C13H18ClN3OS2. The maximum atomic E-state index is 12.0. The second-order valence-corrected chi connectivity index (χ2v) is 7.31. The highest BCUT2D eigenvalue weighted by atomic mass is 35.5. The lowest BCUT2D eigenvalue weighted by atomic mass is 10.2. The van der Waals surface area contributed by atoms with E-state index in [9.17, 15) is 4.79 Å². The zero-order chi connectivity index (χ0) is 14.5. The number of nitrogens with zero attached hydrogens (tertiary/aromatic N) is 3. The van der Waals surface area contributed by atoms with Crippen molar-refractivity contribution in [3.63, 3.8) is 0 Å². The van der Waals surface area contributed by atoms with Gasteiger partial charge in [0.25, 0.3) is 5.56 Å². The SMILES string of the molecule is CCCCCCCSc1nn2c(=O)c(C)c(Cl)nc2s1. The van der Waals surface area contributed by atoms with Crippen molar-refractivity contribution >= 4 is 39.7 Å². The Balaban J connectivity index is 1.98. The minimum atomic E-state index is -0.175. The molecule has 0 unspecified atom stereocenters. The molecule has 2 aromatic heterocycles. The van der Waals surface area contributed by atoms with Gasteiger partial charge in [-0.05, 0) is 13.3 Å². The lowest BCUT2D eigenvalue weighted by Crippen LogP contribution is -2.17. The van der Waals surface area contributed by atoms with E-state index in [1.807, 2.05) is 0 Å². The largest absolute Gasteiger partial charge is 0.279 e. The third kappa shape index (κ3) is 3.74. The van der Waals surface area contributed by atoms with Gasteiger partial charge in [0.05, 0.1) is 5.56 Å². The Bertz CT molecular complexity index is 638. The lowest BCUT2D eigenvalue weighted by molar-refractivity contribution is 0.659. The molecule has 0 radical (unpaired) electrons. The van der Waals surface area contributed by atoms with Crippen LogP contribution in [0, 0.1) is 6.92 Å². The van der Waals surface area contributed by atoms with Crippen molar-refractivity contribution in [2.75, 3.05) is 5.75 Å². The third-order valence-electron chi connectivity index (χ3n) is 3.03. The van der Waals surface area contributed by atoms with Gasteiger partial charge in [0.2, 0.25) is 4.96 Å². The van der Waals surface area contributed by atoms with E-state index in [-0.39, 0.29) is 10.7 Å². The van der Waals surface area contributed by atoms with Crippen LogP contribution in [0.25, 0.3) is 4.96 Å². The molecule has 0 aliphatic heterocycles. The van der Waals surface area contributed by atoms with Gasteiger partial charge in [-0.25, -0.2) is 4.98 Å². The fourth-order valence-corrected chi connectivity index (χ4v) is 4.02. The topological polar surface area (TPSA) is 47.3 Å². The second kappa shape index (κ2) is 7.43. The first-order valence-corrected chi connectivity index (χ1v) is 9.00. The van der Waals surface area contributed by atoms with Crippen LogP contribution in [0.4, 0.5) is 0 Å². The molecule has 0 spiro atoms. The molecule has 0 bridgehead atoms. The Kier molecular flexibility index (Phi) is 5.86. The van der Waals surface area contributed by atoms with Gasteiger partial charge in [-0.3, -0.25) is 4.79 Å². The van der Waals surface area contributed by atoms with Crippen molar-refractivity contribution in [3.8, 4) is 0 Å². The number of hydrogen-bond donors (Lipinski definition) is 0. The first kappa shape index (κ1) is 15.8. The Morgan fingerprint density at radius 2 is 2.05 bits per heavy atom. The summed E-state index contributed by atoms with van der Waals surface area (Å²) in [6, 6.07) is 0. The number of thioether (sulfide) groups is 1. The van der Waals surface area contributed by atoms with Crippen molar-refractivity contribution in [3.05, 3.63) is 21.1 Å². The van der Waals surface area contributed by atoms with Crippen molar-refractivity contribution in [1.82, 2.24) is 14.6 Å². The van der Waals surface area contributed by atoms with Crippen molar-refractivity contribution in [1.29, 1.82) is 0 Å². The molecule has 0 saturated heterocycles. The van der Waals surface area contributed by atoms with E-state index in [2.05, 4.69) is 17.0 Å². The molecule has 7 heteroatoms. The number of fused-ring (bicyclic) bond motifs is 1. The second-order valence-electron chi connectivity index (χ2n) is 4.66. The van der Waals surface area contributed by atoms with Gasteiger partial charge in [-0.15, -0.1) is 5.10 Å². The molecule has 2 rings (SSSR count). The molecule has 0 aliphatic rings. The van der Waals surface area contributed by atoms with Gasteiger partial charge < -0.3 is 0 Å². The van der Waals surface area contributed by atoms with Crippen LogP contribution in [0.1, 0.15) is 44.6 Å². The molecule has 20 heavy (non-hydrogen) atoms. The first-order chi connectivity index (χ1) is 9.63. The van der Waals surface area contributed by atoms with Gasteiger partial charge in [0, 0.05) is 5.75 Å². The fourth-order valence-electron chi connectivity index (χ4n) is 1.81. The van der Waals surface area contributed by atoms with Crippen molar-refractivity contribution in [2.24, 2.45) is 0 Å². The lowest BCUT2D eigenvalue weighted by Gasteiger charge is -1.97. The van der Waals surface area contributed by atoms with Crippen LogP contribution in [-0.2, 0) is 0 Å². The summed E-state index contributed by atoms with van der Waals surface area (Å²) in [5, 5.41) is 4.59. The highest BCUT2D eigenvalue weighted by molar-refractivity contribution is 8.01. The summed E-state index contributed by atoms with van der Waals surface area (Å²) in [4.78, 5) is 16.7. The maximum Gasteiger partial charge on any atom is 0.279 e. The molecule has 4 nitrogen and oxygen atoms in total. The Morgan fingerprint density at radius 3 is 2.80 bits per heavy atom. The zero-order valence-electron chi connectivity index (χ0n) is 11.7. The van der Waals surface area contributed by atoms with E-state index in [1.54, 1.807) is 18.7 Å². The molecule has 2 aromatic rings. The standard InChI is InChI=1S/C13H18ClN3OS2/c1-3-4-5-6-7-8-19-13-16-17-11(18)9(2)10(14)15-12(17)20-13/h3-8H2,1-2H3. The molecule has 2 heterocycles. The van der Waals surface area contributed by atoms with Gasteiger partial charge >= 0.3 is 0 Å².